The Morgan fingerprint density at radius 2 is 1.86 bits per heavy atom. The van der Waals surface area contributed by atoms with E-state index in [4.69, 9.17) is 11.6 Å². The van der Waals surface area contributed by atoms with Gasteiger partial charge in [0.05, 0.1) is 9.85 Å². The normalized spacial score (nSPS) is 13.1. The van der Waals surface area contributed by atoms with Crippen LogP contribution in [0.15, 0.2) is 53.4 Å². The molecule has 2 aromatic rings. The molecule has 0 amide bonds. The SMILES string of the molecule is O=S(=O)(NCC(Br)c1ccccc1)c1cc(F)ccc1Cl. The Morgan fingerprint density at radius 3 is 2.52 bits per heavy atom. The highest BCUT2D eigenvalue weighted by atomic mass is 79.9. The number of benzene rings is 2. The summed E-state index contributed by atoms with van der Waals surface area (Å²) in [5.74, 6) is -0.654. The van der Waals surface area contributed by atoms with E-state index in [9.17, 15) is 12.8 Å². The van der Waals surface area contributed by atoms with Crippen molar-refractivity contribution in [1.82, 2.24) is 4.72 Å². The van der Waals surface area contributed by atoms with Gasteiger partial charge in [0.15, 0.2) is 0 Å². The predicted molar refractivity (Wildman–Crippen MR) is 84.7 cm³/mol. The summed E-state index contributed by atoms with van der Waals surface area (Å²) >= 11 is 9.23. The van der Waals surface area contributed by atoms with E-state index in [1.807, 2.05) is 30.3 Å². The van der Waals surface area contributed by atoms with E-state index >= 15 is 0 Å². The van der Waals surface area contributed by atoms with Crippen LogP contribution < -0.4 is 4.72 Å². The highest BCUT2D eigenvalue weighted by Crippen LogP contribution is 2.24. The molecule has 2 aromatic carbocycles. The van der Waals surface area contributed by atoms with E-state index in [-0.39, 0.29) is 21.3 Å². The number of halogens is 3. The molecule has 0 fully saturated rings. The molecule has 0 radical (unpaired) electrons. The molecule has 1 unspecified atom stereocenters. The average molecular weight is 393 g/mol. The number of nitrogens with one attached hydrogen (secondary N) is 1. The van der Waals surface area contributed by atoms with Gasteiger partial charge in [-0.25, -0.2) is 17.5 Å². The van der Waals surface area contributed by atoms with E-state index in [0.717, 1.165) is 17.7 Å². The fourth-order valence-corrected chi connectivity index (χ4v) is 3.96. The molecule has 1 N–H and O–H groups in total. The van der Waals surface area contributed by atoms with Crippen LogP contribution >= 0.6 is 27.5 Å². The molecule has 21 heavy (non-hydrogen) atoms. The van der Waals surface area contributed by atoms with Crippen LogP contribution in [0.3, 0.4) is 0 Å². The maximum atomic E-state index is 13.2. The number of hydrogen-bond acceptors (Lipinski definition) is 2. The summed E-state index contributed by atoms with van der Waals surface area (Å²) in [6.45, 7) is 0.124. The van der Waals surface area contributed by atoms with Crippen molar-refractivity contribution < 1.29 is 12.8 Å². The smallest absolute Gasteiger partial charge is 0.210 e. The molecule has 2 rings (SSSR count). The molecule has 0 spiro atoms. The molecule has 7 heteroatoms. The van der Waals surface area contributed by atoms with Crippen molar-refractivity contribution >= 4 is 37.6 Å². The van der Waals surface area contributed by atoms with Crippen molar-refractivity contribution in [3.63, 3.8) is 0 Å². The molecule has 112 valence electrons. The molecule has 0 saturated carbocycles. The van der Waals surface area contributed by atoms with Crippen LogP contribution in [0.4, 0.5) is 4.39 Å². The third-order valence-electron chi connectivity index (χ3n) is 2.80. The molecule has 0 saturated heterocycles. The highest BCUT2D eigenvalue weighted by Gasteiger charge is 2.20. The van der Waals surface area contributed by atoms with Crippen molar-refractivity contribution in [2.75, 3.05) is 6.54 Å². The second kappa shape index (κ2) is 6.87. The van der Waals surface area contributed by atoms with Gasteiger partial charge in [0.1, 0.15) is 10.7 Å². The van der Waals surface area contributed by atoms with Gasteiger partial charge in [0.2, 0.25) is 10.0 Å². The first-order valence-corrected chi connectivity index (χ1v) is 8.81. The zero-order valence-corrected chi connectivity index (χ0v) is 13.9. The Hall–Kier alpha value is -0.950. The Bertz CT molecular complexity index is 725. The lowest BCUT2D eigenvalue weighted by Gasteiger charge is -2.13. The van der Waals surface area contributed by atoms with Gasteiger partial charge in [0.25, 0.3) is 0 Å². The van der Waals surface area contributed by atoms with E-state index in [1.165, 1.54) is 6.07 Å². The van der Waals surface area contributed by atoms with Gasteiger partial charge in [-0.2, -0.15) is 0 Å². The van der Waals surface area contributed by atoms with Crippen LogP contribution in [-0.2, 0) is 10.0 Å². The number of alkyl halides is 1. The molecule has 0 aliphatic rings. The first-order chi connectivity index (χ1) is 9.90. The van der Waals surface area contributed by atoms with Gasteiger partial charge in [-0.3, -0.25) is 0 Å². The van der Waals surface area contributed by atoms with E-state index in [2.05, 4.69) is 20.7 Å². The quantitative estimate of drug-likeness (QED) is 0.785. The predicted octanol–water partition coefficient (Wildman–Crippen LogP) is 3.89. The van der Waals surface area contributed by atoms with Crippen LogP contribution in [-0.4, -0.2) is 15.0 Å². The van der Waals surface area contributed by atoms with Gasteiger partial charge in [-0.1, -0.05) is 57.9 Å². The minimum absolute atomic E-state index is 0.0188. The van der Waals surface area contributed by atoms with Crippen molar-refractivity contribution in [2.24, 2.45) is 0 Å². The average Bonchev–Trinajstić information content (AvgIpc) is 2.48. The van der Waals surface area contributed by atoms with E-state index < -0.39 is 15.8 Å². The Kier molecular flexibility index (Phi) is 5.37. The highest BCUT2D eigenvalue weighted by molar-refractivity contribution is 9.09. The minimum atomic E-state index is -3.87. The van der Waals surface area contributed by atoms with Crippen molar-refractivity contribution in [2.45, 2.75) is 9.72 Å². The first kappa shape index (κ1) is 16.4. The van der Waals surface area contributed by atoms with Gasteiger partial charge in [-0.15, -0.1) is 0 Å². The minimum Gasteiger partial charge on any atom is -0.210 e. The summed E-state index contributed by atoms with van der Waals surface area (Å²) < 4.78 is 39.9. The van der Waals surface area contributed by atoms with Crippen LogP contribution in [0.1, 0.15) is 10.4 Å². The molecule has 0 heterocycles. The monoisotopic (exact) mass is 391 g/mol. The third kappa shape index (κ3) is 4.26. The van der Waals surface area contributed by atoms with Crippen LogP contribution in [0.25, 0.3) is 0 Å². The number of hydrogen-bond donors (Lipinski definition) is 1. The molecule has 0 aliphatic heterocycles. The topological polar surface area (TPSA) is 46.2 Å². The van der Waals surface area contributed by atoms with Crippen molar-refractivity contribution in [3.8, 4) is 0 Å². The molecule has 1 atom stereocenters. The van der Waals surface area contributed by atoms with Crippen molar-refractivity contribution in [1.29, 1.82) is 0 Å². The first-order valence-electron chi connectivity index (χ1n) is 6.04. The summed E-state index contributed by atoms with van der Waals surface area (Å²) in [6.07, 6.45) is 0. The molecular formula is C14H12BrClFNO2S. The molecule has 3 nitrogen and oxygen atoms in total. The lowest BCUT2D eigenvalue weighted by atomic mass is 10.2. The molecule has 0 aromatic heterocycles. The fourth-order valence-electron chi connectivity index (χ4n) is 1.72. The Morgan fingerprint density at radius 1 is 1.19 bits per heavy atom. The summed E-state index contributed by atoms with van der Waals surface area (Å²) in [5, 5.41) is -0.0188. The maximum absolute atomic E-state index is 13.2. The zero-order valence-electron chi connectivity index (χ0n) is 10.8. The Balaban J connectivity index is 2.13. The number of rotatable bonds is 5. The summed E-state index contributed by atoms with van der Waals surface area (Å²) in [7, 11) is -3.87. The van der Waals surface area contributed by atoms with Gasteiger partial charge in [-0.05, 0) is 23.8 Å². The van der Waals surface area contributed by atoms with Gasteiger partial charge in [0, 0.05) is 6.54 Å². The van der Waals surface area contributed by atoms with Crippen LogP contribution in [0.5, 0.6) is 0 Å². The standard InChI is InChI=1S/C14H12BrClFNO2S/c15-12(10-4-2-1-3-5-10)9-18-21(19,20)14-8-11(17)6-7-13(14)16/h1-8,12,18H,9H2. The molecular weight excluding hydrogens is 381 g/mol. The third-order valence-corrected chi connectivity index (χ3v) is 5.55. The van der Waals surface area contributed by atoms with E-state index in [1.54, 1.807) is 0 Å². The van der Waals surface area contributed by atoms with E-state index in [0.29, 0.717) is 0 Å². The zero-order chi connectivity index (χ0) is 15.5. The maximum Gasteiger partial charge on any atom is 0.242 e. The largest absolute Gasteiger partial charge is 0.242 e. The van der Waals surface area contributed by atoms with Crippen LogP contribution in [0, 0.1) is 5.82 Å². The molecule has 0 bridgehead atoms. The summed E-state index contributed by atoms with van der Waals surface area (Å²) in [5.41, 5.74) is 0.936. The fraction of sp³-hybridized carbons (Fsp3) is 0.143. The summed E-state index contributed by atoms with van der Waals surface area (Å²) in [4.78, 5) is -0.460. The van der Waals surface area contributed by atoms with Gasteiger partial charge < -0.3 is 0 Å². The lowest BCUT2D eigenvalue weighted by molar-refractivity contribution is 0.577. The second-order valence-electron chi connectivity index (χ2n) is 4.30. The van der Waals surface area contributed by atoms with Gasteiger partial charge >= 0.3 is 0 Å². The van der Waals surface area contributed by atoms with Crippen LogP contribution in [0.2, 0.25) is 5.02 Å². The second-order valence-corrected chi connectivity index (χ2v) is 7.55. The van der Waals surface area contributed by atoms with Crippen molar-refractivity contribution in [3.05, 3.63) is 64.9 Å². The molecule has 0 aliphatic carbocycles. The number of sulfonamides is 1. The summed E-state index contributed by atoms with van der Waals surface area (Å²) in [6, 6.07) is 12.6. The lowest BCUT2D eigenvalue weighted by Crippen LogP contribution is -2.27. The Labute approximate surface area is 136 Å².